The van der Waals surface area contributed by atoms with Crippen molar-refractivity contribution in [2.75, 3.05) is 6.61 Å². The molecule has 0 aromatic rings. The van der Waals surface area contributed by atoms with Crippen LogP contribution in [0.4, 0.5) is 0 Å². The summed E-state index contributed by atoms with van der Waals surface area (Å²) >= 11 is 3.35. The Kier molecular flexibility index (Phi) is 3.31. The van der Waals surface area contributed by atoms with Crippen LogP contribution in [0.3, 0.4) is 0 Å². The molecule has 0 fully saturated rings. The van der Waals surface area contributed by atoms with Gasteiger partial charge in [0.05, 0.1) is 12.0 Å². The van der Waals surface area contributed by atoms with E-state index in [0.29, 0.717) is 13.0 Å². The van der Waals surface area contributed by atoms with Gasteiger partial charge in [-0.3, -0.25) is 4.79 Å². The minimum Gasteiger partial charge on any atom is -0.465 e. The molecule has 1 atom stereocenters. The topological polar surface area (TPSA) is 26.3 Å². The Hall–Kier alpha value is -0.570. The fourth-order valence-corrected chi connectivity index (χ4v) is 1.45. The van der Waals surface area contributed by atoms with E-state index in [1.165, 1.54) is 0 Å². The fourth-order valence-electron chi connectivity index (χ4n) is 1.16. The standard InChI is InChI=1S/C10H13BrO2/c1-3-13-9(12)10(2)6-4-8(11)5-7-10/h4-6H,3,7H2,1-2H3. The first-order valence-corrected chi connectivity index (χ1v) is 5.10. The summed E-state index contributed by atoms with van der Waals surface area (Å²) in [6.07, 6.45) is 6.45. The predicted molar refractivity (Wildman–Crippen MR) is 55.5 cm³/mol. The highest BCUT2D eigenvalue weighted by Gasteiger charge is 2.32. The summed E-state index contributed by atoms with van der Waals surface area (Å²) in [5.74, 6) is -0.150. The van der Waals surface area contributed by atoms with Gasteiger partial charge in [0.25, 0.3) is 0 Å². The van der Waals surface area contributed by atoms with Gasteiger partial charge in [-0.25, -0.2) is 0 Å². The van der Waals surface area contributed by atoms with Crippen LogP contribution in [0.1, 0.15) is 20.3 Å². The maximum absolute atomic E-state index is 11.5. The van der Waals surface area contributed by atoms with Crippen LogP contribution < -0.4 is 0 Å². The minimum atomic E-state index is -0.479. The van der Waals surface area contributed by atoms with Crippen molar-refractivity contribution in [3.05, 3.63) is 22.7 Å². The quantitative estimate of drug-likeness (QED) is 0.699. The van der Waals surface area contributed by atoms with Gasteiger partial charge in [-0.1, -0.05) is 34.2 Å². The van der Waals surface area contributed by atoms with Gasteiger partial charge >= 0.3 is 5.97 Å². The van der Waals surface area contributed by atoms with Crippen LogP contribution in [0.2, 0.25) is 0 Å². The minimum absolute atomic E-state index is 0.150. The van der Waals surface area contributed by atoms with Crippen LogP contribution in [0.15, 0.2) is 22.7 Å². The van der Waals surface area contributed by atoms with Crippen molar-refractivity contribution in [1.82, 2.24) is 0 Å². The molecule has 0 aromatic carbocycles. The first-order chi connectivity index (χ1) is 6.08. The average Bonchev–Trinajstić information content (AvgIpc) is 2.11. The van der Waals surface area contributed by atoms with Crippen molar-refractivity contribution >= 4 is 21.9 Å². The molecule has 0 bridgehead atoms. The molecular weight excluding hydrogens is 232 g/mol. The third kappa shape index (κ3) is 2.44. The summed E-state index contributed by atoms with van der Waals surface area (Å²) in [6, 6.07) is 0. The van der Waals surface area contributed by atoms with E-state index in [1.54, 1.807) is 0 Å². The molecule has 1 aliphatic carbocycles. The van der Waals surface area contributed by atoms with E-state index in [4.69, 9.17) is 4.74 Å². The van der Waals surface area contributed by atoms with Gasteiger partial charge in [0, 0.05) is 4.48 Å². The Morgan fingerprint density at radius 3 is 2.92 bits per heavy atom. The number of carbonyl (C=O) groups excluding carboxylic acids is 1. The molecule has 1 aliphatic rings. The van der Waals surface area contributed by atoms with E-state index >= 15 is 0 Å². The molecule has 2 nitrogen and oxygen atoms in total. The molecule has 0 aromatic heterocycles. The smallest absolute Gasteiger partial charge is 0.315 e. The Bertz CT molecular complexity index is 268. The zero-order valence-electron chi connectivity index (χ0n) is 7.84. The van der Waals surface area contributed by atoms with Gasteiger partial charge in [0.2, 0.25) is 0 Å². The Morgan fingerprint density at radius 2 is 2.46 bits per heavy atom. The number of hydrogen-bond acceptors (Lipinski definition) is 2. The lowest BCUT2D eigenvalue weighted by Gasteiger charge is -2.24. The Morgan fingerprint density at radius 1 is 1.77 bits per heavy atom. The van der Waals surface area contributed by atoms with E-state index < -0.39 is 5.41 Å². The molecule has 1 rings (SSSR count). The second-order valence-corrected chi connectivity index (χ2v) is 4.18. The van der Waals surface area contributed by atoms with Crippen LogP contribution >= 0.6 is 15.9 Å². The predicted octanol–water partition coefficient (Wildman–Crippen LogP) is 2.79. The van der Waals surface area contributed by atoms with Crippen LogP contribution in [0.5, 0.6) is 0 Å². The summed E-state index contributed by atoms with van der Waals surface area (Å²) in [5, 5.41) is 0. The zero-order chi connectivity index (χ0) is 9.90. The van der Waals surface area contributed by atoms with Gasteiger partial charge in [0.15, 0.2) is 0 Å². The molecule has 13 heavy (non-hydrogen) atoms. The summed E-state index contributed by atoms with van der Waals surface area (Å²) in [7, 11) is 0. The number of ether oxygens (including phenoxy) is 1. The lowest BCUT2D eigenvalue weighted by molar-refractivity contribution is -0.151. The molecule has 0 amide bonds. The van der Waals surface area contributed by atoms with E-state index in [0.717, 1.165) is 4.48 Å². The van der Waals surface area contributed by atoms with E-state index in [9.17, 15) is 4.79 Å². The number of carbonyl (C=O) groups is 1. The molecule has 72 valence electrons. The van der Waals surface area contributed by atoms with Crippen molar-refractivity contribution in [2.45, 2.75) is 20.3 Å². The maximum Gasteiger partial charge on any atom is 0.315 e. The highest BCUT2D eigenvalue weighted by molar-refractivity contribution is 9.11. The molecule has 0 heterocycles. The van der Waals surface area contributed by atoms with E-state index in [1.807, 2.05) is 32.1 Å². The van der Waals surface area contributed by atoms with Crippen molar-refractivity contribution in [3.63, 3.8) is 0 Å². The number of halogens is 1. The highest BCUT2D eigenvalue weighted by atomic mass is 79.9. The third-order valence-corrected chi connectivity index (χ3v) is 2.66. The molecular formula is C10H13BrO2. The zero-order valence-corrected chi connectivity index (χ0v) is 9.43. The van der Waals surface area contributed by atoms with Crippen LogP contribution in [0.25, 0.3) is 0 Å². The monoisotopic (exact) mass is 244 g/mol. The number of rotatable bonds is 2. The Balaban J connectivity index is 2.70. The first kappa shape index (κ1) is 10.5. The third-order valence-electron chi connectivity index (χ3n) is 2.07. The van der Waals surface area contributed by atoms with Crippen molar-refractivity contribution < 1.29 is 9.53 Å². The lowest BCUT2D eigenvalue weighted by atomic mass is 9.84. The molecule has 0 spiro atoms. The molecule has 0 saturated heterocycles. The van der Waals surface area contributed by atoms with Crippen LogP contribution in [-0.4, -0.2) is 12.6 Å². The molecule has 0 N–H and O–H groups in total. The van der Waals surface area contributed by atoms with E-state index in [2.05, 4.69) is 15.9 Å². The van der Waals surface area contributed by atoms with Gasteiger partial charge in [-0.05, 0) is 20.3 Å². The lowest BCUT2D eigenvalue weighted by Crippen LogP contribution is -2.28. The number of esters is 1. The second-order valence-electron chi connectivity index (χ2n) is 3.26. The van der Waals surface area contributed by atoms with Gasteiger partial charge in [0.1, 0.15) is 0 Å². The van der Waals surface area contributed by atoms with Crippen molar-refractivity contribution in [1.29, 1.82) is 0 Å². The molecule has 0 saturated carbocycles. The second kappa shape index (κ2) is 4.09. The number of allylic oxidation sites excluding steroid dienone is 3. The molecule has 1 unspecified atom stereocenters. The van der Waals surface area contributed by atoms with Gasteiger partial charge in [-0.2, -0.15) is 0 Å². The SMILES string of the molecule is CCOC(=O)C1(C)C=CC(Br)=CC1. The summed E-state index contributed by atoms with van der Waals surface area (Å²) in [4.78, 5) is 11.5. The number of hydrogen-bond donors (Lipinski definition) is 0. The van der Waals surface area contributed by atoms with Gasteiger partial charge in [-0.15, -0.1) is 0 Å². The molecule has 0 aliphatic heterocycles. The average molecular weight is 245 g/mol. The van der Waals surface area contributed by atoms with Crippen LogP contribution in [-0.2, 0) is 9.53 Å². The first-order valence-electron chi connectivity index (χ1n) is 4.30. The molecule has 0 radical (unpaired) electrons. The fraction of sp³-hybridized carbons (Fsp3) is 0.500. The summed E-state index contributed by atoms with van der Waals surface area (Å²) in [5.41, 5.74) is -0.479. The van der Waals surface area contributed by atoms with Gasteiger partial charge < -0.3 is 4.74 Å². The normalized spacial score (nSPS) is 26.8. The Labute approximate surface area is 86.8 Å². The summed E-state index contributed by atoms with van der Waals surface area (Å²) < 4.78 is 6.01. The maximum atomic E-state index is 11.5. The molecule has 3 heteroatoms. The highest BCUT2D eigenvalue weighted by Crippen LogP contribution is 2.32. The van der Waals surface area contributed by atoms with Crippen LogP contribution in [0, 0.1) is 5.41 Å². The summed E-state index contributed by atoms with van der Waals surface area (Å²) in [6.45, 7) is 4.14. The van der Waals surface area contributed by atoms with Crippen molar-refractivity contribution in [3.8, 4) is 0 Å². The van der Waals surface area contributed by atoms with E-state index in [-0.39, 0.29) is 5.97 Å². The largest absolute Gasteiger partial charge is 0.465 e. The van der Waals surface area contributed by atoms with Crippen molar-refractivity contribution in [2.24, 2.45) is 5.41 Å².